The summed E-state index contributed by atoms with van der Waals surface area (Å²) in [6.07, 6.45) is 7.31. The predicted octanol–water partition coefficient (Wildman–Crippen LogP) is 1.59. The molecule has 3 N–H and O–H groups in total. The number of nitrogens with zero attached hydrogens (tertiary/aromatic N) is 1. The Morgan fingerprint density at radius 3 is 2.57 bits per heavy atom. The van der Waals surface area contributed by atoms with Crippen LogP contribution >= 0.6 is 0 Å². The van der Waals surface area contributed by atoms with Gasteiger partial charge in [-0.1, -0.05) is 25.7 Å². The first kappa shape index (κ1) is 15.6. The molecule has 1 heterocycles. The average Bonchev–Trinajstić information content (AvgIpc) is 2.66. The van der Waals surface area contributed by atoms with E-state index < -0.39 is 5.60 Å². The molecule has 2 amide bonds. The second-order valence-electron chi connectivity index (χ2n) is 5.81. The first-order chi connectivity index (χ1) is 9.98. The van der Waals surface area contributed by atoms with Crippen molar-refractivity contribution >= 4 is 11.7 Å². The lowest BCUT2D eigenvalue weighted by Gasteiger charge is -2.26. The molecular weight excluding hydrogens is 270 g/mol. The molecule has 0 aliphatic heterocycles. The summed E-state index contributed by atoms with van der Waals surface area (Å²) in [5, 5.41) is 15.8. The molecule has 0 aromatic carbocycles. The number of aliphatic hydroxyl groups is 1. The van der Waals surface area contributed by atoms with E-state index in [9.17, 15) is 14.7 Å². The molecule has 0 spiro atoms. The molecule has 0 saturated heterocycles. The second-order valence-corrected chi connectivity index (χ2v) is 5.81. The topological polar surface area (TPSA) is 83.4 Å². The van der Waals surface area contributed by atoms with Crippen LogP contribution in [0.25, 0.3) is 0 Å². The number of aryl methyl sites for hydroxylation is 1. The Balaban J connectivity index is 1.86. The van der Waals surface area contributed by atoms with E-state index in [2.05, 4.69) is 10.6 Å². The first-order valence-electron chi connectivity index (χ1n) is 7.42. The number of nitrogens with one attached hydrogen (secondary N) is 2. The highest BCUT2D eigenvalue weighted by molar-refractivity contribution is 5.89. The quantitative estimate of drug-likeness (QED) is 0.740. The van der Waals surface area contributed by atoms with E-state index in [-0.39, 0.29) is 18.1 Å². The van der Waals surface area contributed by atoms with Gasteiger partial charge in [0.25, 0.3) is 0 Å². The zero-order valence-electron chi connectivity index (χ0n) is 12.4. The van der Waals surface area contributed by atoms with Crippen LogP contribution < -0.4 is 16.2 Å². The van der Waals surface area contributed by atoms with Crippen LogP contribution in [0.4, 0.5) is 10.5 Å². The maximum atomic E-state index is 11.9. The third-order valence-electron chi connectivity index (χ3n) is 3.96. The van der Waals surface area contributed by atoms with Crippen LogP contribution in [0, 0.1) is 0 Å². The third-order valence-corrected chi connectivity index (χ3v) is 3.96. The summed E-state index contributed by atoms with van der Waals surface area (Å²) < 4.78 is 1.40. The molecule has 1 fully saturated rings. The van der Waals surface area contributed by atoms with Crippen molar-refractivity contribution in [3.8, 4) is 0 Å². The fourth-order valence-corrected chi connectivity index (χ4v) is 2.65. The van der Waals surface area contributed by atoms with Gasteiger partial charge < -0.3 is 20.3 Å². The molecule has 0 atom stereocenters. The molecule has 1 aliphatic rings. The Kier molecular flexibility index (Phi) is 5.01. The Labute approximate surface area is 124 Å². The van der Waals surface area contributed by atoms with Crippen molar-refractivity contribution in [2.45, 2.75) is 44.1 Å². The summed E-state index contributed by atoms with van der Waals surface area (Å²) in [5.74, 6) is 0. The summed E-state index contributed by atoms with van der Waals surface area (Å²) in [7, 11) is 1.62. The molecule has 6 heteroatoms. The van der Waals surface area contributed by atoms with Crippen LogP contribution in [0.15, 0.2) is 23.1 Å². The van der Waals surface area contributed by atoms with Gasteiger partial charge in [0, 0.05) is 25.9 Å². The number of hydrogen-bond donors (Lipinski definition) is 3. The first-order valence-corrected chi connectivity index (χ1v) is 7.42. The molecule has 0 radical (unpaired) electrons. The highest BCUT2D eigenvalue weighted by Crippen LogP contribution is 2.26. The lowest BCUT2D eigenvalue weighted by molar-refractivity contribution is 0.0281. The molecule has 1 aromatic rings. The monoisotopic (exact) mass is 293 g/mol. The fourth-order valence-electron chi connectivity index (χ4n) is 2.65. The maximum Gasteiger partial charge on any atom is 0.319 e. The molecule has 0 bridgehead atoms. The van der Waals surface area contributed by atoms with E-state index >= 15 is 0 Å². The smallest absolute Gasteiger partial charge is 0.319 e. The van der Waals surface area contributed by atoms with Gasteiger partial charge in [0.15, 0.2) is 0 Å². The van der Waals surface area contributed by atoms with Crippen molar-refractivity contribution in [3.63, 3.8) is 0 Å². The number of urea groups is 1. The number of carbonyl (C=O) groups is 1. The average molecular weight is 293 g/mol. The largest absolute Gasteiger partial charge is 0.388 e. The minimum absolute atomic E-state index is 0.131. The van der Waals surface area contributed by atoms with Crippen LogP contribution in [0.2, 0.25) is 0 Å². The zero-order valence-corrected chi connectivity index (χ0v) is 12.4. The highest BCUT2D eigenvalue weighted by Gasteiger charge is 2.28. The molecule has 0 unspecified atom stereocenters. The van der Waals surface area contributed by atoms with E-state index in [4.69, 9.17) is 0 Å². The number of amides is 2. The lowest BCUT2D eigenvalue weighted by atomic mass is 9.95. The van der Waals surface area contributed by atoms with Gasteiger partial charge in [-0.2, -0.15) is 0 Å². The van der Waals surface area contributed by atoms with Gasteiger partial charge in [-0.25, -0.2) is 4.79 Å². The summed E-state index contributed by atoms with van der Waals surface area (Å²) in [6, 6.07) is 2.59. The van der Waals surface area contributed by atoms with Crippen LogP contribution in [0.5, 0.6) is 0 Å². The Morgan fingerprint density at radius 2 is 1.95 bits per heavy atom. The third kappa shape index (κ3) is 4.60. The zero-order chi connectivity index (χ0) is 15.3. The Hall–Kier alpha value is -1.82. The SMILES string of the molecule is Cn1cc(NC(=O)NCC2(O)CCCCCC2)ccc1=O. The minimum Gasteiger partial charge on any atom is -0.388 e. The van der Waals surface area contributed by atoms with E-state index in [1.807, 2.05) is 0 Å². The fraction of sp³-hybridized carbons (Fsp3) is 0.600. The van der Waals surface area contributed by atoms with Crippen molar-refractivity contribution in [2.75, 3.05) is 11.9 Å². The van der Waals surface area contributed by atoms with Crippen molar-refractivity contribution in [1.29, 1.82) is 0 Å². The number of aromatic nitrogens is 1. The summed E-state index contributed by atoms with van der Waals surface area (Å²) in [5.41, 5.74) is -0.381. The molecule has 6 nitrogen and oxygen atoms in total. The van der Waals surface area contributed by atoms with E-state index in [1.165, 1.54) is 10.6 Å². The Bertz CT molecular complexity index is 545. The number of rotatable bonds is 3. The number of hydrogen-bond acceptors (Lipinski definition) is 3. The number of anilines is 1. The van der Waals surface area contributed by atoms with Gasteiger partial charge in [-0.15, -0.1) is 0 Å². The summed E-state index contributed by atoms with van der Waals surface area (Å²) in [4.78, 5) is 23.1. The molecule has 2 rings (SSSR count). The van der Waals surface area contributed by atoms with E-state index in [0.29, 0.717) is 5.69 Å². The van der Waals surface area contributed by atoms with Crippen LogP contribution in [0.1, 0.15) is 38.5 Å². The second kappa shape index (κ2) is 6.76. The Morgan fingerprint density at radius 1 is 1.29 bits per heavy atom. The maximum absolute atomic E-state index is 11.9. The van der Waals surface area contributed by atoms with Crippen molar-refractivity contribution in [3.05, 3.63) is 28.7 Å². The van der Waals surface area contributed by atoms with E-state index in [1.54, 1.807) is 19.3 Å². The molecule has 21 heavy (non-hydrogen) atoms. The van der Waals surface area contributed by atoms with Gasteiger partial charge >= 0.3 is 6.03 Å². The van der Waals surface area contributed by atoms with Gasteiger partial charge in [-0.05, 0) is 18.9 Å². The molecule has 116 valence electrons. The summed E-state index contributed by atoms with van der Waals surface area (Å²) >= 11 is 0. The van der Waals surface area contributed by atoms with Crippen LogP contribution in [-0.4, -0.2) is 27.9 Å². The molecule has 1 aliphatic carbocycles. The van der Waals surface area contributed by atoms with E-state index in [0.717, 1.165) is 38.5 Å². The molecule has 1 saturated carbocycles. The normalized spacial score (nSPS) is 17.8. The van der Waals surface area contributed by atoms with Crippen LogP contribution in [-0.2, 0) is 7.05 Å². The molecule has 1 aromatic heterocycles. The van der Waals surface area contributed by atoms with Gasteiger partial charge in [0.1, 0.15) is 0 Å². The standard InChI is InChI=1S/C15H23N3O3/c1-18-10-12(6-7-13(18)19)17-14(20)16-11-15(21)8-4-2-3-5-9-15/h6-7,10,21H,2-5,8-9,11H2,1H3,(H2,16,17,20). The van der Waals surface area contributed by atoms with Crippen LogP contribution in [0.3, 0.4) is 0 Å². The van der Waals surface area contributed by atoms with Gasteiger partial charge in [0.05, 0.1) is 11.3 Å². The van der Waals surface area contributed by atoms with Gasteiger partial charge in [0.2, 0.25) is 5.56 Å². The lowest BCUT2D eigenvalue weighted by Crippen LogP contribution is -2.44. The number of pyridine rings is 1. The highest BCUT2D eigenvalue weighted by atomic mass is 16.3. The molecular formula is C15H23N3O3. The number of carbonyl (C=O) groups excluding carboxylic acids is 1. The minimum atomic E-state index is -0.794. The summed E-state index contributed by atoms with van der Waals surface area (Å²) in [6.45, 7) is 0.255. The van der Waals surface area contributed by atoms with Crippen molar-refractivity contribution in [1.82, 2.24) is 9.88 Å². The predicted molar refractivity (Wildman–Crippen MR) is 81.4 cm³/mol. The van der Waals surface area contributed by atoms with Crippen molar-refractivity contribution in [2.24, 2.45) is 7.05 Å². The van der Waals surface area contributed by atoms with Gasteiger partial charge in [-0.3, -0.25) is 4.79 Å². The van der Waals surface area contributed by atoms with Crippen molar-refractivity contribution < 1.29 is 9.90 Å².